The molecule has 1 saturated carbocycles. The van der Waals surface area contributed by atoms with Crippen molar-refractivity contribution >= 4 is 12.0 Å². The number of rotatable bonds is 8. The van der Waals surface area contributed by atoms with Gasteiger partial charge in [-0.05, 0) is 29.8 Å². The van der Waals surface area contributed by atoms with E-state index in [9.17, 15) is 30.3 Å². The maximum atomic E-state index is 12.6. The number of esters is 1. The van der Waals surface area contributed by atoms with Crippen molar-refractivity contribution in [3.05, 3.63) is 48.2 Å². The monoisotopic (exact) mass is 522 g/mol. The first-order chi connectivity index (χ1) is 17.8. The molecule has 12 nitrogen and oxygen atoms in total. The van der Waals surface area contributed by atoms with Crippen LogP contribution in [0.4, 0.5) is 0 Å². The van der Waals surface area contributed by atoms with Crippen LogP contribution in [-0.4, -0.2) is 107 Å². The molecule has 0 radical (unpaired) electrons. The minimum absolute atomic E-state index is 0.402. The van der Waals surface area contributed by atoms with Crippen LogP contribution in [0.1, 0.15) is 5.56 Å². The molecule has 1 aromatic carbocycles. The predicted molar refractivity (Wildman–Crippen MR) is 122 cm³/mol. The maximum absolute atomic E-state index is 12.6. The molecular formula is C25H30O12. The Morgan fingerprint density at radius 1 is 1.08 bits per heavy atom. The van der Waals surface area contributed by atoms with Crippen molar-refractivity contribution in [2.45, 2.75) is 54.8 Å². The summed E-state index contributed by atoms with van der Waals surface area (Å²) in [6.07, 6.45) is -3.94. The number of fused-ring (bicyclic) bond motifs is 3. The van der Waals surface area contributed by atoms with Crippen LogP contribution >= 0.6 is 0 Å². The molecule has 3 heterocycles. The van der Waals surface area contributed by atoms with Gasteiger partial charge in [-0.15, -0.1) is 0 Å². The number of ether oxygens (including phenoxy) is 6. The Bertz CT molecular complexity index is 1030. The molecule has 3 fully saturated rings. The van der Waals surface area contributed by atoms with Crippen LogP contribution in [0.15, 0.2) is 42.7 Å². The summed E-state index contributed by atoms with van der Waals surface area (Å²) in [5.41, 5.74) is -0.341. The molecule has 11 atom stereocenters. The van der Waals surface area contributed by atoms with Crippen LogP contribution < -0.4 is 4.74 Å². The van der Waals surface area contributed by atoms with Crippen LogP contribution in [0.2, 0.25) is 0 Å². The third-order valence-electron chi connectivity index (χ3n) is 7.38. The van der Waals surface area contributed by atoms with Gasteiger partial charge in [-0.2, -0.15) is 0 Å². The first kappa shape index (κ1) is 26.1. The van der Waals surface area contributed by atoms with E-state index in [1.165, 1.54) is 12.3 Å². The first-order valence-corrected chi connectivity index (χ1v) is 11.9. The van der Waals surface area contributed by atoms with Crippen molar-refractivity contribution in [2.75, 3.05) is 20.3 Å². The normalized spacial score (nSPS) is 42.1. The first-order valence-electron chi connectivity index (χ1n) is 11.9. The topological polar surface area (TPSA) is 177 Å². The third-order valence-corrected chi connectivity index (χ3v) is 7.38. The minimum atomic E-state index is -1.63. The number of hydrogen-bond donors (Lipinski definition) is 5. The Hall–Kier alpha value is -2.55. The molecule has 1 aromatic rings. The van der Waals surface area contributed by atoms with Crippen LogP contribution in [0.25, 0.3) is 6.08 Å². The molecule has 202 valence electrons. The number of epoxide rings is 1. The lowest BCUT2D eigenvalue weighted by molar-refractivity contribution is -0.344. The number of hydrogen-bond acceptors (Lipinski definition) is 12. The van der Waals surface area contributed by atoms with Crippen molar-refractivity contribution < 1.29 is 58.7 Å². The van der Waals surface area contributed by atoms with Gasteiger partial charge in [0.05, 0.1) is 32.5 Å². The minimum Gasteiger partial charge on any atom is -0.497 e. The molecular weight excluding hydrogens is 492 g/mol. The van der Waals surface area contributed by atoms with E-state index in [1.807, 2.05) is 0 Å². The van der Waals surface area contributed by atoms with E-state index in [0.29, 0.717) is 5.75 Å². The number of aliphatic hydroxyl groups excluding tert-OH is 5. The van der Waals surface area contributed by atoms with Crippen LogP contribution in [0, 0.1) is 11.8 Å². The number of aliphatic hydroxyl groups is 5. The number of carbonyl (C=O) groups is 1. The second-order valence-corrected chi connectivity index (χ2v) is 9.43. The van der Waals surface area contributed by atoms with Gasteiger partial charge in [-0.1, -0.05) is 12.1 Å². The molecule has 3 aliphatic heterocycles. The molecule has 5 rings (SSSR count). The highest BCUT2D eigenvalue weighted by atomic mass is 16.8. The van der Waals surface area contributed by atoms with E-state index in [-0.39, 0.29) is 0 Å². The Morgan fingerprint density at radius 3 is 2.51 bits per heavy atom. The maximum Gasteiger partial charge on any atom is 0.331 e. The van der Waals surface area contributed by atoms with Crippen molar-refractivity contribution in [2.24, 2.45) is 11.8 Å². The van der Waals surface area contributed by atoms with Gasteiger partial charge in [0.2, 0.25) is 6.29 Å². The molecule has 12 heteroatoms. The molecule has 4 aliphatic rings. The second kappa shape index (κ2) is 10.3. The molecule has 0 aromatic heterocycles. The molecule has 0 spiro atoms. The highest BCUT2D eigenvalue weighted by molar-refractivity contribution is 5.87. The third kappa shape index (κ3) is 4.64. The highest BCUT2D eigenvalue weighted by Crippen LogP contribution is 2.60. The standard InChI is InChI=1S/C25H30O12/c1-32-13-5-2-12(3-6-13)4-7-16(28)35-21-14-8-9-33-23(17(14)25(11-27)22(21)37-25)36-24-20(31)19(30)18(29)15(10-26)34-24/h2-9,14-15,17-24,26-27,29-31H,10-11H2,1H3/b7-4+/t14-,15?,17-,18?,19?,20?,21?,22?,23?,24?,25-/m1/s1. The average Bonchev–Trinajstić information content (AvgIpc) is 3.60. The summed E-state index contributed by atoms with van der Waals surface area (Å²) in [6.45, 7) is -1.02. The lowest BCUT2D eigenvalue weighted by Crippen LogP contribution is -2.60. The van der Waals surface area contributed by atoms with E-state index in [4.69, 9.17) is 28.4 Å². The summed E-state index contributed by atoms with van der Waals surface area (Å²) in [5, 5.41) is 50.1. The number of benzene rings is 1. The number of methoxy groups -OCH3 is 1. The van der Waals surface area contributed by atoms with Crippen molar-refractivity contribution in [3.63, 3.8) is 0 Å². The smallest absolute Gasteiger partial charge is 0.331 e. The summed E-state index contributed by atoms with van der Waals surface area (Å²) in [6, 6.07) is 7.11. The molecule has 5 N–H and O–H groups in total. The Kier molecular flexibility index (Phi) is 7.27. The van der Waals surface area contributed by atoms with Gasteiger partial charge in [0.1, 0.15) is 48.0 Å². The molecule has 37 heavy (non-hydrogen) atoms. The van der Waals surface area contributed by atoms with Crippen LogP contribution in [0.3, 0.4) is 0 Å². The molecule has 1 aliphatic carbocycles. The SMILES string of the molecule is COc1ccc(/C=C/C(=O)OC2C3O[C@]3(CO)[C@H]3C(OC4OC(CO)C(O)C(O)C4O)OC=C[C@@H]23)cc1. The predicted octanol–water partition coefficient (Wildman–Crippen LogP) is -1.32. The summed E-state index contributed by atoms with van der Waals surface area (Å²) in [5.74, 6) is -1.01. The quantitative estimate of drug-likeness (QED) is 0.155. The van der Waals surface area contributed by atoms with Crippen LogP contribution in [-0.2, 0) is 28.5 Å². The molecule has 0 bridgehead atoms. The fourth-order valence-electron chi connectivity index (χ4n) is 5.34. The van der Waals surface area contributed by atoms with Gasteiger partial charge in [-0.25, -0.2) is 4.79 Å². The Labute approximate surface area is 212 Å². The fraction of sp³-hybridized carbons (Fsp3) is 0.560. The highest BCUT2D eigenvalue weighted by Gasteiger charge is 2.77. The lowest BCUT2D eigenvalue weighted by atomic mass is 9.85. The van der Waals surface area contributed by atoms with Crippen molar-refractivity contribution in [1.82, 2.24) is 0 Å². The second-order valence-electron chi connectivity index (χ2n) is 9.43. The van der Waals surface area contributed by atoms with Gasteiger partial charge in [0.15, 0.2) is 6.29 Å². The summed E-state index contributed by atoms with van der Waals surface area (Å²) < 4.78 is 33.5. The average molecular weight is 523 g/mol. The van der Waals surface area contributed by atoms with Gasteiger partial charge in [0.25, 0.3) is 0 Å². The van der Waals surface area contributed by atoms with Gasteiger partial charge >= 0.3 is 5.97 Å². The lowest BCUT2D eigenvalue weighted by Gasteiger charge is -2.43. The molecule has 0 amide bonds. The van der Waals surface area contributed by atoms with Crippen molar-refractivity contribution in [1.29, 1.82) is 0 Å². The zero-order valence-corrected chi connectivity index (χ0v) is 19.9. The van der Waals surface area contributed by atoms with Gasteiger partial charge in [0, 0.05) is 12.0 Å². The zero-order chi connectivity index (χ0) is 26.3. The van der Waals surface area contributed by atoms with E-state index >= 15 is 0 Å². The van der Waals surface area contributed by atoms with Gasteiger partial charge < -0.3 is 54.0 Å². The molecule has 8 unspecified atom stereocenters. The number of carbonyl (C=O) groups excluding carboxylic acids is 1. The summed E-state index contributed by atoms with van der Waals surface area (Å²) in [4.78, 5) is 12.6. The van der Waals surface area contributed by atoms with E-state index in [0.717, 1.165) is 5.56 Å². The zero-order valence-electron chi connectivity index (χ0n) is 19.9. The van der Waals surface area contributed by atoms with Gasteiger partial charge in [-0.3, -0.25) is 0 Å². The Balaban J connectivity index is 1.28. The fourth-order valence-corrected chi connectivity index (χ4v) is 5.34. The molecule has 2 saturated heterocycles. The van der Waals surface area contributed by atoms with E-state index < -0.39 is 85.8 Å². The largest absolute Gasteiger partial charge is 0.497 e. The van der Waals surface area contributed by atoms with E-state index in [1.54, 1.807) is 43.5 Å². The van der Waals surface area contributed by atoms with Crippen molar-refractivity contribution in [3.8, 4) is 5.75 Å². The van der Waals surface area contributed by atoms with Crippen LogP contribution in [0.5, 0.6) is 5.75 Å². The summed E-state index contributed by atoms with van der Waals surface area (Å²) in [7, 11) is 1.56. The van der Waals surface area contributed by atoms with E-state index in [2.05, 4.69) is 0 Å². The Morgan fingerprint density at radius 2 is 1.84 bits per heavy atom. The summed E-state index contributed by atoms with van der Waals surface area (Å²) >= 11 is 0.